The zero-order chi connectivity index (χ0) is 18.9. The van der Waals surface area contributed by atoms with E-state index in [0.717, 1.165) is 12.8 Å². The number of ether oxygens (including phenoxy) is 3. The van der Waals surface area contributed by atoms with Gasteiger partial charge >= 0.3 is 0 Å². The molecule has 0 radical (unpaired) electrons. The number of anilines is 2. The Balaban J connectivity index is 2.22. The minimum atomic E-state index is -0.284. The van der Waals surface area contributed by atoms with Crippen LogP contribution in [0.5, 0.6) is 17.2 Å². The second kappa shape index (κ2) is 9.56. The molecular formula is C20H26N2O4. The first-order chi connectivity index (χ1) is 12.6. The lowest BCUT2D eigenvalue weighted by Crippen LogP contribution is -2.14. The maximum absolute atomic E-state index is 12.6. The van der Waals surface area contributed by atoms with Crippen LogP contribution in [-0.2, 0) is 0 Å². The zero-order valence-corrected chi connectivity index (χ0v) is 15.5. The maximum atomic E-state index is 12.6. The Morgan fingerprint density at radius 1 is 1.00 bits per heavy atom. The number of amides is 1. The normalized spacial score (nSPS) is 10.3. The summed E-state index contributed by atoms with van der Waals surface area (Å²) in [5.41, 5.74) is 7.35. The van der Waals surface area contributed by atoms with Gasteiger partial charge in [0.2, 0.25) is 0 Å². The highest BCUT2D eigenvalue weighted by Gasteiger charge is 2.13. The lowest BCUT2D eigenvalue weighted by molar-refractivity contribution is 0.102. The van der Waals surface area contributed by atoms with Crippen molar-refractivity contribution in [3.8, 4) is 17.2 Å². The highest BCUT2D eigenvalue weighted by atomic mass is 16.5. The van der Waals surface area contributed by atoms with Gasteiger partial charge in [0.05, 0.1) is 31.7 Å². The minimum absolute atomic E-state index is 0.284. The van der Waals surface area contributed by atoms with Crippen LogP contribution < -0.4 is 25.3 Å². The molecule has 0 bridgehead atoms. The summed E-state index contributed by atoms with van der Waals surface area (Å²) in [6.45, 7) is 5.20. The van der Waals surface area contributed by atoms with E-state index in [1.807, 2.05) is 13.8 Å². The van der Waals surface area contributed by atoms with Crippen LogP contribution in [0.15, 0.2) is 36.4 Å². The number of benzene rings is 2. The average molecular weight is 358 g/mol. The second-order valence-electron chi connectivity index (χ2n) is 5.77. The molecule has 0 aliphatic heterocycles. The summed E-state index contributed by atoms with van der Waals surface area (Å²) >= 11 is 0. The highest BCUT2D eigenvalue weighted by Crippen LogP contribution is 2.30. The number of carbonyl (C=O) groups excluding carboxylic acids is 1. The number of hydrogen-bond donors (Lipinski definition) is 2. The predicted octanol–water partition coefficient (Wildman–Crippen LogP) is 4.11. The Labute approximate surface area is 154 Å². The summed E-state index contributed by atoms with van der Waals surface area (Å²) in [6, 6.07) is 10.3. The van der Waals surface area contributed by atoms with Crippen LogP contribution in [0, 0.1) is 0 Å². The first kappa shape index (κ1) is 19.4. The molecule has 0 aromatic heterocycles. The van der Waals surface area contributed by atoms with Crippen molar-refractivity contribution in [3.63, 3.8) is 0 Å². The van der Waals surface area contributed by atoms with Gasteiger partial charge in [0, 0.05) is 11.6 Å². The van der Waals surface area contributed by atoms with E-state index in [0.29, 0.717) is 47.4 Å². The Morgan fingerprint density at radius 2 is 1.69 bits per heavy atom. The zero-order valence-electron chi connectivity index (χ0n) is 15.5. The summed E-state index contributed by atoms with van der Waals surface area (Å²) in [4.78, 5) is 12.6. The third-order valence-electron chi connectivity index (χ3n) is 3.64. The monoisotopic (exact) mass is 358 g/mol. The van der Waals surface area contributed by atoms with Crippen LogP contribution in [0.1, 0.15) is 37.0 Å². The van der Waals surface area contributed by atoms with E-state index in [-0.39, 0.29) is 5.91 Å². The van der Waals surface area contributed by atoms with Crippen molar-refractivity contribution in [2.24, 2.45) is 0 Å². The van der Waals surface area contributed by atoms with Gasteiger partial charge < -0.3 is 25.3 Å². The van der Waals surface area contributed by atoms with Crippen molar-refractivity contribution >= 4 is 17.3 Å². The molecule has 6 heteroatoms. The molecule has 2 rings (SSSR count). The summed E-state index contributed by atoms with van der Waals surface area (Å²) < 4.78 is 16.6. The molecule has 1 amide bonds. The molecule has 0 saturated carbocycles. The van der Waals surface area contributed by atoms with E-state index in [4.69, 9.17) is 19.9 Å². The molecule has 0 saturated heterocycles. The summed E-state index contributed by atoms with van der Waals surface area (Å²) in [7, 11) is 1.56. The Hall–Kier alpha value is -2.89. The average Bonchev–Trinajstić information content (AvgIpc) is 2.66. The van der Waals surface area contributed by atoms with Gasteiger partial charge in [-0.2, -0.15) is 0 Å². The molecule has 0 unspecified atom stereocenters. The van der Waals surface area contributed by atoms with Gasteiger partial charge in [-0.3, -0.25) is 4.79 Å². The highest BCUT2D eigenvalue weighted by molar-refractivity contribution is 6.06. The van der Waals surface area contributed by atoms with E-state index in [1.165, 1.54) is 0 Å². The van der Waals surface area contributed by atoms with Crippen molar-refractivity contribution in [3.05, 3.63) is 42.0 Å². The number of nitrogen functional groups attached to an aromatic ring is 1. The van der Waals surface area contributed by atoms with Gasteiger partial charge in [-0.25, -0.2) is 0 Å². The summed E-state index contributed by atoms with van der Waals surface area (Å²) in [5.74, 6) is 1.53. The fourth-order valence-corrected chi connectivity index (χ4v) is 2.27. The van der Waals surface area contributed by atoms with E-state index in [9.17, 15) is 4.79 Å². The third kappa shape index (κ3) is 5.05. The number of nitrogens with one attached hydrogen (secondary N) is 1. The first-order valence-electron chi connectivity index (χ1n) is 8.73. The van der Waals surface area contributed by atoms with Gasteiger partial charge in [0.1, 0.15) is 5.75 Å². The van der Waals surface area contributed by atoms with E-state index in [1.54, 1.807) is 43.5 Å². The van der Waals surface area contributed by atoms with Crippen LogP contribution in [-0.4, -0.2) is 26.2 Å². The predicted molar refractivity (Wildman–Crippen MR) is 103 cm³/mol. The molecular weight excluding hydrogens is 332 g/mol. The number of carbonyl (C=O) groups is 1. The topological polar surface area (TPSA) is 82.8 Å². The fraction of sp³-hybridized carbons (Fsp3) is 0.350. The fourth-order valence-electron chi connectivity index (χ4n) is 2.27. The Bertz CT molecular complexity index is 747. The van der Waals surface area contributed by atoms with Gasteiger partial charge in [-0.15, -0.1) is 0 Å². The molecule has 0 spiro atoms. The number of rotatable bonds is 9. The molecule has 2 aromatic carbocycles. The van der Waals surface area contributed by atoms with Crippen LogP contribution in [0.25, 0.3) is 0 Å². The largest absolute Gasteiger partial charge is 0.497 e. The number of nitrogens with two attached hydrogens (primary N) is 1. The molecule has 26 heavy (non-hydrogen) atoms. The van der Waals surface area contributed by atoms with Crippen LogP contribution in [0.4, 0.5) is 11.4 Å². The number of hydrogen-bond acceptors (Lipinski definition) is 5. The quantitative estimate of drug-likeness (QED) is 0.659. The van der Waals surface area contributed by atoms with Gasteiger partial charge in [0.15, 0.2) is 11.5 Å². The second-order valence-corrected chi connectivity index (χ2v) is 5.77. The van der Waals surface area contributed by atoms with E-state index in [2.05, 4.69) is 5.32 Å². The molecule has 0 fully saturated rings. The standard InChI is InChI=1S/C20H26N2O4/c1-4-10-25-18-9-6-14(12-19(18)26-11-5-2)20(23)22-17-13-15(24-3)7-8-16(17)21/h6-9,12-13H,4-5,10-11,21H2,1-3H3,(H,22,23). The van der Waals surface area contributed by atoms with Crippen molar-refractivity contribution in [1.29, 1.82) is 0 Å². The Morgan fingerprint density at radius 3 is 2.35 bits per heavy atom. The molecule has 0 atom stereocenters. The molecule has 140 valence electrons. The lowest BCUT2D eigenvalue weighted by atomic mass is 10.1. The molecule has 0 aliphatic carbocycles. The maximum Gasteiger partial charge on any atom is 0.255 e. The SMILES string of the molecule is CCCOc1ccc(C(=O)Nc2cc(OC)ccc2N)cc1OCCC. The molecule has 0 heterocycles. The molecule has 3 N–H and O–H groups in total. The summed E-state index contributed by atoms with van der Waals surface area (Å²) in [6.07, 6.45) is 1.76. The van der Waals surface area contributed by atoms with E-state index >= 15 is 0 Å². The lowest BCUT2D eigenvalue weighted by Gasteiger charge is -2.14. The van der Waals surface area contributed by atoms with Crippen molar-refractivity contribution < 1.29 is 19.0 Å². The van der Waals surface area contributed by atoms with Crippen molar-refractivity contribution in [2.45, 2.75) is 26.7 Å². The molecule has 0 aliphatic rings. The van der Waals surface area contributed by atoms with Crippen LogP contribution in [0.2, 0.25) is 0 Å². The van der Waals surface area contributed by atoms with Crippen LogP contribution >= 0.6 is 0 Å². The summed E-state index contributed by atoms with van der Waals surface area (Å²) in [5, 5.41) is 2.81. The minimum Gasteiger partial charge on any atom is -0.497 e. The third-order valence-corrected chi connectivity index (χ3v) is 3.64. The first-order valence-corrected chi connectivity index (χ1v) is 8.73. The van der Waals surface area contributed by atoms with Gasteiger partial charge in [-0.1, -0.05) is 13.8 Å². The molecule has 2 aromatic rings. The molecule has 6 nitrogen and oxygen atoms in total. The smallest absolute Gasteiger partial charge is 0.255 e. The Kier molecular flexibility index (Phi) is 7.14. The number of methoxy groups -OCH3 is 1. The van der Waals surface area contributed by atoms with Gasteiger partial charge in [-0.05, 0) is 43.2 Å². The van der Waals surface area contributed by atoms with Gasteiger partial charge in [0.25, 0.3) is 5.91 Å². The van der Waals surface area contributed by atoms with Crippen molar-refractivity contribution in [2.75, 3.05) is 31.4 Å². The van der Waals surface area contributed by atoms with Crippen molar-refractivity contribution in [1.82, 2.24) is 0 Å². The van der Waals surface area contributed by atoms with E-state index < -0.39 is 0 Å². The van der Waals surface area contributed by atoms with Crippen LogP contribution in [0.3, 0.4) is 0 Å².